The Bertz CT molecular complexity index is 7910. The van der Waals surface area contributed by atoms with Crippen molar-refractivity contribution in [2.24, 2.45) is 49.6 Å². The van der Waals surface area contributed by atoms with Gasteiger partial charge in [0.05, 0.1) is 39.5 Å². The Hall–Kier alpha value is -16.2. The van der Waals surface area contributed by atoms with Gasteiger partial charge in [-0.1, -0.05) is 167 Å². The van der Waals surface area contributed by atoms with Crippen molar-refractivity contribution in [1.82, 2.24) is 54.0 Å². The highest BCUT2D eigenvalue weighted by molar-refractivity contribution is 6.31. The average molecular weight is 1950 g/mol. The SMILES string of the molecule is CC(C)C(=O)Cc1ccc2nc(-c3ccccn3)oc2c1.CC(C)C(=O)Cc1ccc2nc(-c3cccnc3)oc2c1.CC(C)C(=O)Cc1ccc2nc(-c3cn(C)c4cc(Cl)ccc34)oc2c1F.CC(C)C(=O)Cc1ccc2nc(-c3cn(C)c4cc(F)ccc34)oc2c1F.CC(C)C(=O)Cc1ccc2nc(-c3cncc(F)c3)oc2c1.Cc1ccccc1C#Cc1nc2ccc(CC(=O)C(C)C)c(F)c2o1. The normalized spacial score (nSPS) is 11.3. The van der Waals surface area contributed by atoms with Gasteiger partial charge in [-0.25, -0.2) is 51.9 Å². The molecule has 0 aliphatic heterocycles. The second kappa shape index (κ2) is 44.5. The van der Waals surface area contributed by atoms with Crippen molar-refractivity contribution >= 4 is 135 Å². The highest BCUT2D eigenvalue weighted by atomic mass is 35.5. The number of carbonyl (C=O) groups excluding carboxylic acids is 6. The van der Waals surface area contributed by atoms with Crippen LogP contribution in [0.1, 0.15) is 133 Å². The Morgan fingerprint density at radius 2 is 0.769 bits per heavy atom. The zero-order chi connectivity index (χ0) is 102. The standard InChI is InChI=1S/C21H18ClFN2O2.C21H18F2N2O2.C21H18FNO2.C17H15FN2O2.2C17H16N2O2/c2*1-11(2)18(26)8-12-4-7-16-20(19(12)23)27-21(24-16)15-10-25(3)17-9-13(22)5-6-14(15)17;1-13(2)18(24)12-16-8-10-17-21(20(16)22)25-19(23-17)11-9-15-7-5-4-6-14(15)3;1-10(2)15(21)5-11-3-4-14-16(6-11)22-17(20-14)12-7-13(18)9-19-8-12;1-11(2)15(20)8-12-5-6-14-16(9-12)21-17(19-14)13-4-3-7-18-10-13;1-11(2)15(20)9-12-6-7-13-16(10-12)21-17(19-13)14-5-3-4-8-18-14/h2*4-7,9-11H,8H2,1-3H3;4-8,10,13H,12H2,1-3H3;3-4,6-10H,5H2,1-2H3;3-7,9-11H,8H2,1-2H3;3-8,10-11H,9H2,1-2H3. The number of carbonyl (C=O) groups is 6. The molecule has 0 atom stereocenters. The zero-order valence-electron chi connectivity index (χ0n) is 81.2. The van der Waals surface area contributed by atoms with Crippen LogP contribution in [0, 0.1) is 83.4 Å². The fourth-order valence-electron chi connectivity index (χ4n) is 15.1. The molecule has 0 bridgehead atoms. The lowest BCUT2D eigenvalue weighted by atomic mass is 10.0. The maximum Gasteiger partial charge on any atom is 0.274 e. The van der Waals surface area contributed by atoms with E-state index < -0.39 is 23.3 Å². The van der Waals surface area contributed by atoms with Crippen LogP contribution in [0.5, 0.6) is 0 Å². The minimum atomic E-state index is -0.563. The predicted octanol–water partition coefficient (Wildman–Crippen LogP) is 26.1. The number of hydrogen-bond acceptors (Lipinski definition) is 21. The molecule has 0 unspecified atom stereocenters. The number of Topliss-reactive ketones (excluding diaryl/α,β-unsaturated/α-hetero) is 6. The van der Waals surface area contributed by atoms with Crippen LogP contribution in [-0.2, 0) is 81.4 Å². The maximum absolute atomic E-state index is 14.9. The molecule has 0 aliphatic rings. The van der Waals surface area contributed by atoms with E-state index in [1.807, 2.05) is 175 Å². The van der Waals surface area contributed by atoms with Crippen molar-refractivity contribution in [1.29, 1.82) is 0 Å². The van der Waals surface area contributed by atoms with Crippen LogP contribution < -0.4 is 0 Å². The molecule has 20 aromatic rings. The fourth-order valence-corrected chi connectivity index (χ4v) is 15.2. The number of ketones is 6. The van der Waals surface area contributed by atoms with Gasteiger partial charge in [-0.15, -0.1) is 0 Å². The quantitative estimate of drug-likeness (QED) is 0.0424. The van der Waals surface area contributed by atoms with E-state index in [1.54, 1.807) is 139 Å². The van der Waals surface area contributed by atoms with E-state index in [9.17, 15) is 50.7 Å². The second-order valence-electron chi connectivity index (χ2n) is 36.5. The molecule has 0 amide bonds. The minimum Gasteiger partial charge on any atom is -0.436 e. The van der Waals surface area contributed by atoms with Crippen molar-refractivity contribution in [3.05, 3.63) is 316 Å². The molecule has 9 aromatic carbocycles. The van der Waals surface area contributed by atoms with E-state index >= 15 is 0 Å². The van der Waals surface area contributed by atoms with Crippen LogP contribution in [0.15, 0.2) is 258 Å². The van der Waals surface area contributed by atoms with Crippen LogP contribution in [0.25, 0.3) is 146 Å². The van der Waals surface area contributed by atoms with Crippen LogP contribution in [-0.4, -0.2) is 88.7 Å². The molecule has 20 rings (SSSR count). The molecule has 0 saturated carbocycles. The third kappa shape index (κ3) is 24.3. The molecular weight excluding hydrogens is 1850 g/mol. The van der Waals surface area contributed by atoms with Gasteiger partial charge in [0, 0.05) is 147 Å². The molecule has 0 spiro atoms. The van der Waals surface area contributed by atoms with Gasteiger partial charge in [-0.3, -0.25) is 43.7 Å². The van der Waals surface area contributed by atoms with Gasteiger partial charge in [0.25, 0.3) is 5.89 Å². The van der Waals surface area contributed by atoms with Crippen molar-refractivity contribution in [2.75, 3.05) is 0 Å². The minimum absolute atomic E-state index is 0.000600. The molecule has 29 heteroatoms. The Kier molecular flexibility index (Phi) is 31.5. The maximum atomic E-state index is 14.9. The number of aromatic nitrogens is 11. The van der Waals surface area contributed by atoms with Crippen molar-refractivity contribution in [2.45, 2.75) is 129 Å². The third-order valence-corrected chi connectivity index (χ3v) is 24.0. The molecule has 0 radical (unpaired) electrons. The first-order chi connectivity index (χ1) is 68.4. The molecule has 143 heavy (non-hydrogen) atoms. The molecule has 726 valence electrons. The van der Waals surface area contributed by atoms with Crippen molar-refractivity contribution in [3.63, 3.8) is 0 Å². The Balaban J connectivity index is 0.000000130. The van der Waals surface area contributed by atoms with Gasteiger partial charge in [0.2, 0.25) is 29.5 Å². The summed E-state index contributed by atoms with van der Waals surface area (Å²) in [5.74, 6) is 5.72. The van der Waals surface area contributed by atoms with Crippen LogP contribution in [0.3, 0.4) is 0 Å². The molecular formula is C114H101ClF5N11O12. The molecule has 0 aliphatic carbocycles. The highest BCUT2D eigenvalue weighted by Crippen LogP contribution is 2.39. The topological polar surface area (TPSA) is 307 Å². The number of pyridine rings is 3. The summed E-state index contributed by atoms with van der Waals surface area (Å²) in [6.07, 6.45) is 12.7. The van der Waals surface area contributed by atoms with E-state index in [-0.39, 0.29) is 124 Å². The lowest BCUT2D eigenvalue weighted by molar-refractivity contribution is -0.122. The summed E-state index contributed by atoms with van der Waals surface area (Å²) in [6, 6.07) is 55.0. The zero-order valence-corrected chi connectivity index (χ0v) is 82.0. The van der Waals surface area contributed by atoms with E-state index in [0.717, 1.165) is 72.5 Å². The fraction of sp³-hybridized carbons (Fsp3) is 0.237. The monoisotopic (exact) mass is 1950 g/mol. The van der Waals surface area contributed by atoms with Crippen molar-refractivity contribution in [3.8, 4) is 69.2 Å². The molecule has 0 saturated heterocycles. The Morgan fingerprint density at radius 1 is 0.357 bits per heavy atom. The van der Waals surface area contributed by atoms with Gasteiger partial charge in [-0.2, -0.15) is 0 Å². The van der Waals surface area contributed by atoms with Gasteiger partial charge in [0.1, 0.15) is 85.1 Å². The van der Waals surface area contributed by atoms with Gasteiger partial charge < -0.3 is 35.6 Å². The third-order valence-electron chi connectivity index (χ3n) is 23.7. The van der Waals surface area contributed by atoms with E-state index in [2.05, 4.69) is 56.7 Å². The number of aryl methyl sites for hydroxylation is 3. The van der Waals surface area contributed by atoms with Gasteiger partial charge in [-0.05, 0) is 173 Å². The van der Waals surface area contributed by atoms with E-state index in [1.165, 1.54) is 24.4 Å². The summed E-state index contributed by atoms with van der Waals surface area (Å²) in [5.41, 5.74) is 16.2. The lowest BCUT2D eigenvalue weighted by Gasteiger charge is -2.05. The first-order valence-corrected chi connectivity index (χ1v) is 46.9. The molecule has 0 fully saturated rings. The second-order valence-corrected chi connectivity index (χ2v) is 36.9. The number of fused-ring (bicyclic) bond motifs is 8. The van der Waals surface area contributed by atoms with Crippen LogP contribution in [0.4, 0.5) is 22.0 Å². The van der Waals surface area contributed by atoms with Crippen LogP contribution >= 0.6 is 11.6 Å². The Morgan fingerprint density at radius 3 is 1.22 bits per heavy atom. The average Bonchev–Trinajstić information content (AvgIpc) is 1.61. The van der Waals surface area contributed by atoms with Crippen molar-refractivity contribution < 1.29 is 77.2 Å². The number of rotatable bonds is 23. The van der Waals surface area contributed by atoms with Crippen LogP contribution in [0.2, 0.25) is 5.02 Å². The highest BCUT2D eigenvalue weighted by Gasteiger charge is 2.26. The number of hydrogen-bond donors (Lipinski definition) is 0. The number of benzene rings is 9. The summed E-state index contributed by atoms with van der Waals surface area (Å²) >= 11 is 6.08. The van der Waals surface area contributed by atoms with E-state index in [0.29, 0.717) is 126 Å². The molecule has 0 N–H and O–H groups in total. The Labute approximate surface area is 824 Å². The molecule has 11 aromatic heterocycles. The summed E-state index contributed by atoms with van der Waals surface area (Å²) < 4.78 is 109. The smallest absolute Gasteiger partial charge is 0.274 e. The largest absolute Gasteiger partial charge is 0.436 e. The first kappa shape index (κ1) is 101. The lowest BCUT2D eigenvalue weighted by Crippen LogP contribution is -2.11. The first-order valence-electron chi connectivity index (χ1n) is 46.5. The summed E-state index contributed by atoms with van der Waals surface area (Å²) in [6.45, 7) is 24.1. The van der Waals surface area contributed by atoms with Gasteiger partial charge >= 0.3 is 0 Å². The summed E-state index contributed by atoms with van der Waals surface area (Å²) in [7, 11) is 3.70. The summed E-state index contributed by atoms with van der Waals surface area (Å²) in [4.78, 5) is 110. The number of oxazole rings is 6. The summed E-state index contributed by atoms with van der Waals surface area (Å²) in [5, 5.41) is 2.32. The number of nitrogens with zero attached hydrogens (tertiary/aromatic N) is 11. The van der Waals surface area contributed by atoms with Gasteiger partial charge in [0.15, 0.2) is 50.9 Å². The molecule has 23 nitrogen and oxygen atoms in total. The molecule has 11 heterocycles. The predicted molar refractivity (Wildman–Crippen MR) is 541 cm³/mol. The number of halogens is 6. The van der Waals surface area contributed by atoms with E-state index in [4.69, 9.17) is 38.1 Å².